The Morgan fingerprint density at radius 2 is 1.69 bits per heavy atom. The van der Waals surface area contributed by atoms with Crippen molar-refractivity contribution in [3.63, 3.8) is 0 Å². The normalized spacial score (nSPS) is 11.3. The molecule has 9 heteroatoms. The first kappa shape index (κ1) is 19.0. The third-order valence-corrected chi connectivity index (χ3v) is 4.54. The van der Waals surface area contributed by atoms with E-state index in [1.165, 1.54) is 6.21 Å². The molecule has 0 saturated heterocycles. The van der Waals surface area contributed by atoms with E-state index in [0.29, 0.717) is 48.5 Å². The molecule has 0 amide bonds. The van der Waals surface area contributed by atoms with E-state index in [9.17, 15) is 5.21 Å². The summed E-state index contributed by atoms with van der Waals surface area (Å²) in [5.41, 5.74) is 5.05. The van der Waals surface area contributed by atoms with Crippen molar-refractivity contribution in [2.75, 3.05) is 5.43 Å². The first-order chi connectivity index (χ1) is 12.5. The molecule has 2 aromatic carbocycles. The number of nitrogens with one attached hydrogen (secondary N) is 1. The van der Waals surface area contributed by atoms with Crippen molar-refractivity contribution >= 4 is 64.0 Å². The molecular formula is C17H11Cl4N3O2. The number of nitrogens with zero attached hydrogens (tertiary/aromatic N) is 1. The zero-order chi connectivity index (χ0) is 18.7. The number of hydrogen-bond acceptors (Lipinski definition) is 4. The van der Waals surface area contributed by atoms with Crippen LogP contribution in [0.15, 0.2) is 52.0 Å². The Bertz CT molecular complexity index is 949. The van der Waals surface area contributed by atoms with Crippen LogP contribution >= 0.6 is 46.4 Å². The molecule has 0 aliphatic carbocycles. The lowest BCUT2D eigenvalue weighted by molar-refractivity contribution is -0.497. The first-order valence-electron chi connectivity index (χ1n) is 7.26. The number of hydrazone groups is 1. The lowest BCUT2D eigenvalue weighted by Gasteiger charge is -2.06. The summed E-state index contributed by atoms with van der Waals surface area (Å²) < 4.78 is 5.69. The average Bonchev–Trinajstić information content (AvgIpc) is 3.06. The molecule has 0 unspecified atom stereocenters. The second-order valence-electron chi connectivity index (χ2n) is 5.17. The molecule has 1 aromatic heterocycles. The molecule has 0 spiro atoms. The Kier molecular flexibility index (Phi) is 6.09. The molecular weight excluding hydrogens is 420 g/mol. The number of anilines is 1. The maximum Gasteiger partial charge on any atom is 0.147 e. The molecule has 0 fully saturated rings. The van der Waals surface area contributed by atoms with Gasteiger partial charge in [0.1, 0.15) is 17.2 Å². The van der Waals surface area contributed by atoms with E-state index < -0.39 is 0 Å². The van der Waals surface area contributed by atoms with Gasteiger partial charge in [0.25, 0.3) is 0 Å². The molecule has 1 heterocycles. The van der Waals surface area contributed by atoms with E-state index in [-0.39, 0.29) is 0 Å². The minimum atomic E-state index is 0.345. The lowest BCUT2D eigenvalue weighted by Crippen LogP contribution is -2.70. The molecule has 0 aliphatic heterocycles. The highest BCUT2D eigenvalue weighted by Crippen LogP contribution is 2.34. The maximum absolute atomic E-state index is 10.9. The minimum Gasteiger partial charge on any atom is -0.630 e. The van der Waals surface area contributed by atoms with Crippen molar-refractivity contribution in [2.24, 2.45) is 5.10 Å². The van der Waals surface area contributed by atoms with Crippen LogP contribution in [0.1, 0.15) is 5.76 Å². The Labute approximate surface area is 169 Å². The van der Waals surface area contributed by atoms with Gasteiger partial charge in [-0.25, -0.2) is 0 Å². The highest BCUT2D eigenvalue weighted by Gasteiger charge is 2.10. The summed E-state index contributed by atoms with van der Waals surface area (Å²) in [7, 11) is 0. The summed E-state index contributed by atoms with van der Waals surface area (Å²) in [6, 6.07) is 11.5. The standard InChI is InChI=1S/C17H11Cl4N3O2/c18-9-5-14(20)17(15(21)6-9)23-22-8-11-2-4-16(26-11)12-7-10(24-25)1-3-13(12)19/h1-8,23H,24H2/b22-8+. The lowest BCUT2D eigenvalue weighted by atomic mass is 10.1. The molecule has 0 bridgehead atoms. The van der Waals surface area contributed by atoms with Crippen molar-refractivity contribution in [3.8, 4) is 11.3 Å². The molecule has 3 rings (SSSR count). The van der Waals surface area contributed by atoms with E-state index in [2.05, 4.69) is 10.5 Å². The van der Waals surface area contributed by atoms with Crippen molar-refractivity contribution in [2.45, 2.75) is 0 Å². The summed E-state index contributed by atoms with van der Waals surface area (Å²) in [6.45, 7) is 0. The molecule has 26 heavy (non-hydrogen) atoms. The zero-order valence-corrected chi connectivity index (χ0v) is 16.0. The smallest absolute Gasteiger partial charge is 0.147 e. The van der Waals surface area contributed by atoms with Crippen LogP contribution in [-0.2, 0) is 0 Å². The van der Waals surface area contributed by atoms with Gasteiger partial charge in [-0.05, 0) is 30.3 Å². The molecule has 3 N–H and O–H groups in total. The van der Waals surface area contributed by atoms with Crippen molar-refractivity contribution in [1.82, 2.24) is 0 Å². The van der Waals surface area contributed by atoms with E-state index in [1.807, 2.05) is 0 Å². The van der Waals surface area contributed by atoms with Gasteiger partial charge in [0.15, 0.2) is 0 Å². The number of halogens is 4. The summed E-state index contributed by atoms with van der Waals surface area (Å²) in [5.74, 6) is 0.990. The molecule has 0 atom stereocenters. The quantitative estimate of drug-likeness (QED) is 0.309. The number of hydrogen-bond donors (Lipinski definition) is 2. The number of furan rings is 1. The third-order valence-electron chi connectivity index (χ3n) is 3.39. The summed E-state index contributed by atoms with van der Waals surface area (Å²) in [4.78, 5) is 0. The van der Waals surface area contributed by atoms with Crippen LogP contribution in [0.3, 0.4) is 0 Å². The van der Waals surface area contributed by atoms with E-state index in [0.717, 1.165) is 5.48 Å². The van der Waals surface area contributed by atoms with Gasteiger partial charge in [-0.1, -0.05) is 46.4 Å². The van der Waals surface area contributed by atoms with Gasteiger partial charge < -0.3 is 15.1 Å². The second kappa shape index (κ2) is 8.31. The van der Waals surface area contributed by atoms with E-state index in [1.54, 1.807) is 42.5 Å². The largest absolute Gasteiger partial charge is 0.630 e. The fourth-order valence-electron chi connectivity index (χ4n) is 2.18. The molecule has 0 saturated carbocycles. The number of benzene rings is 2. The van der Waals surface area contributed by atoms with Crippen LogP contribution in [0.4, 0.5) is 11.4 Å². The number of nitrogens with two attached hydrogens (primary N) is 1. The van der Waals surface area contributed by atoms with Gasteiger partial charge in [0.05, 0.1) is 27.0 Å². The van der Waals surface area contributed by atoms with Crippen LogP contribution in [0, 0.1) is 5.21 Å². The third kappa shape index (κ3) is 4.32. The minimum absolute atomic E-state index is 0.345. The van der Waals surface area contributed by atoms with Crippen molar-refractivity contribution < 1.29 is 9.90 Å². The SMILES string of the molecule is [O-][NH2+]c1ccc(Cl)c(-c2ccc(/C=N/Nc3c(Cl)cc(Cl)cc3Cl)o2)c1. The van der Waals surface area contributed by atoms with Crippen LogP contribution < -0.4 is 10.9 Å². The van der Waals surface area contributed by atoms with Gasteiger partial charge in [-0.15, -0.1) is 0 Å². The van der Waals surface area contributed by atoms with Crippen LogP contribution in [0.25, 0.3) is 11.3 Å². The second-order valence-corrected chi connectivity index (χ2v) is 6.83. The molecule has 0 aliphatic rings. The first-order valence-corrected chi connectivity index (χ1v) is 8.77. The van der Waals surface area contributed by atoms with Gasteiger partial charge >= 0.3 is 0 Å². The summed E-state index contributed by atoms with van der Waals surface area (Å²) in [6.07, 6.45) is 1.46. The maximum atomic E-state index is 10.9. The Morgan fingerprint density at radius 3 is 2.38 bits per heavy atom. The van der Waals surface area contributed by atoms with Gasteiger partial charge in [0, 0.05) is 22.7 Å². The predicted octanol–water partition coefficient (Wildman–Crippen LogP) is 5.70. The molecule has 0 radical (unpaired) electrons. The number of rotatable bonds is 5. The fraction of sp³-hybridized carbons (Fsp3) is 0. The average molecular weight is 431 g/mol. The van der Waals surface area contributed by atoms with Crippen LogP contribution in [-0.4, -0.2) is 6.21 Å². The van der Waals surface area contributed by atoms with Crippen LogP contribution in [0.2, 0.25) is 20.1 Å². The van der Waals surface area contributed by atoms with E-state index in [4.69, 9.17) is 50.8 Å². The summed E-state index contributed by atoms with van der Waals surface area (Å²) in [5, 5.41) is 16.6. The Balaban J connectivity index is 1.78. The number of quaternary nitrogens is 1. The zero-order valence-electron chi connectivity index (χ0n) is 13.0. The highest BCUT2D eigenvalue weighted by molar-refractivity contribution is 6.41. The van der Waals surface area contributed by atoms with Crippen molar-refractivity contribution in [3.05, 3.63) is 73.5 Å². The van der Waals surface area contributed by atoms with Crippen molar-refractivity contribution in [1.29, 1.82) is 0 Å². The molecule has 134 valence electrons. The monoisotopic (exact) mass is 429 g/mol. The van der Waals surface area contributed by atoms with E-state index >= 15 is 0 Å². The summed E-state index contributed by atoms with van der Waals surface area (Å²) >= 11 is 24.2. The van der Waals surface area contributed by atoms with Gasteiger partial charge in [-0.3, -0.25) is 5.43 Å². The Morgan fingerprint density at radius 1 is 0.962 bits per heavy atom. The molecule has 3 aromatic rings. The fourth-order valence-corrected chi connectivity index (χ4v) is 3.29. The predicted molar refractivity (Wildman–Crippen MR) is 107 cm³/mol. The molecule has 5 nitrogen and oxygen atoms in total. The van der Waals surface area contributed by atoms with Gasteiger partial charge in [-0.2, -0.15) is 5.10 Å². The topological polar surface area (TPSA) is 77.2 Å². The van der Waals surface area contributed by atoms with Gasteiger partial charge in [0.2, 0.25) is 0 Å². The highest BCUT2D eigenvalue weighted by atomic mass is 35.5. The van der Waals surface area contributed by atoms with Crippen LogP contribution in [0.5, 0.6) is 0 Å². The Hall–Kier alpha value is -1.73.